The third-order valence-corrected chi connectivity index (χ3v) is 3.32. The molecular formula is C15H24Cl2N2O2. The van der Waals surface area contributed by atoms with Crippen LogP contribution in [0.1, 0.15) is 33.6 Å². The Morgan fingerprint density at radius 3 is 2.67 bits per heavy atom. The van der Waals surface area contributed by atoms with Gasteiger partial charge in [0.1, 0.15) is 11.9 Å². The molecule has 0 aromatic heterocycles. The minimum atomic E-state index is -0.834. The largest absolute Gasteiger partial charge is 0.487 e. The summed E-state index contributed by atoms with van der Waals surface area (Å²) in [5, 5.41) is 3.37. The average molecular weight is 335 g/mol. The lowest BCUT2D eigenvalue weighted by Crippen LogP contribution is -2.53. The molecule has 0 bridgehead atoms. The van der Waals surface area contributed by atoms with Crippen LogP contribution in [-0.2, 0) is 4.79 Å². The number of rotatable bonds is 7. The molecular weight excluding hydrogens is 311 g/mol. The number of amides is 1. The molecule has 0 aliphatic rings. The first-order chi connectivity index (χ1) is 9.36. The van der Waals surface area contributed by atoms with E-state index < -0.39 is 5.54 Å². The van der Waals surface area contributed by atoms with Crippen molar-refractivity contribution in [1.29, 1.82) is 0 Å². The fourth-order valence-corrected chi connectivity index (χ4v) is 2.05. The summed E-state index contributed by atoms with van der Waals surface area (Å²) in [6, 6.07) is 7.25. The van der Waals surface area contributed by atoms with Crippen LogP contribution in [0.3, 0.4) is 0 Å². The van der Waals surface area contributed by atoms with Gasteiger partial charge in [-0.25, -0.2) is 0 Å². The Bertz CT molecular complexity index is 453. The van der Waals surface area contributed by atoms with Crippen molar-refractivity contribution < 1.29 is 9.53 Å². The second kappa shape index (κ2) is 9.13. The van der Waals surface area contributed by atoms with E-state index in [1.54, 1.807) is 19.1 Å². The van der Waals surface area contributed by atoms with Crippen LogP contribution in [0.2, 0.25) is 5.02 Å². The minimum absolute atomic E-state index is 0. The molecule has 6 heteroatoms. The summed E-state index contributed by atoms with van der Waals surface area (Å²) in [4.78, 5) is 12.0. The Balaban J connectivity index is 0.00000400. The van der Waals surface area contributed by atoms with Gasteiger partial charge < -0.3 is 15.8 Å². The molecule has 0 saturated carbocycles. The van der Waals surface area contributed by atoms with Crippen molar-refractivity contribution in [2.75, 3.05) is 6.54 Å². The molecule has 21 heavy (non-hydrogen) atoms. The van der Waals surface area contributed by atoms with E-state index >= 15 is 0 Å². The first kappa shape index (κ1) is 20.0. The summed E-state index contributed by atoms with van der Waals surface area (Å²) in [6.45, 7) is 6.00. The van der Waals surface area contributed by atoms with Gasteiger partial charge in [0.25, 0.3) is 0 Å². The normalized spacial score (nSPS) is 14.5. The standard InChI is InChI=1S/C15H23ClN2O2.ClH/c1-4-9-15(3,17)14(19)18-10-11(2)20-13-8-6-5-7-12(13)16;/h5-8,11H,4,9-10,17H2,1-3H3,(H,18,19);1H. The number of carbonyl (C=O) groups is 1. The highest BCUT2D eigenvalue weighted by Crippen LogP contribution is 2.24. The monoisotopic (exact) mass is 334 g/mol. The number of ether oxygens (including phenoxy) is 1. The summed E-state index contributed by atoms with van der Waals surface area (Å²) < 4.78 is 5.68. The van der Waals surface area contributed by atoms with Crippen molar-refractivity contribution >= 4 is 29.9 Å². The summed E-state index contributed by atoms with van der Waals surface area (Å²) in [5.41, 5.74) is 5.13. The maximum atomic E-state index is 12.0. The zero-order valence-electron chi connectivity index (χ0n) is 12.7. The highest BCUT2D eigenvalue weighted by atomic mass is 35.5. The smallest absolute Gasteiger partial charge is 0.239 e. The quantitative estimate of drug-likeness (QED) is 0.804. The van der Waals surface area contributed by atoms with Crippen molar-refractivity contribution in [3.63, 3.8) is 0 Å². The molecule has 3 N–H and O–H groups in total. The Kier molecular flexibility index (Phi) is 8.71. The molecule has 120 valence electrons. The predicted molar refractivity (Wildman–Crippen MR) is 89.3 cm³/mol. The van der Waals surface area contributed by atoms with Crippen molar-refractivity contribution in [3.05, 3.63) is 29.3 Å². The number of nitrogens with two attached hydrogens (primary N) is 1. The van der Waals surface area contributed by atoms with Gasteiger partial charge in [0.15, 0.2) is 0 Å². The topological polar surface area (TPSA) is 64.4 Å². The van der Waals surface area contributed by atoms with E-state index in [9.17, 15) is 4.79 Å². The molecule has 1 rings (SSSR count). The van der Waals surface area contributed by atoms with Crippen LogP contribution in [0.25, 0.3) is 0 Å². The average Bonchev–Trinajstić information content (AvgIpc) is 2.38. The fraction of sp³-hybridized carbons (Fsp3) is 0.533. The number of benzene rings is 1. The number of para-hydroxylation sites is 1. The molecule has 0 saturated heterocycles. The van der Waals surface area contributed by atoms with Gasteiger partial charge >= 0.3 is 0 Å². The first-order valence-electron chi connectivity index (χ1n) is 6.85. The molecule has 2 atom stereocenters. The van der Waals surface area contributed by atoms with Crippen LogP contribution < -0.4 is 15.8 Å². The SMILES string of the molecule is CCCC(C)(N)C(=O)NCC(C)Oc1ccccc1Cl.Cl. The van der Waals surface area contributed by atoms with Gasteiger partial charge in [-0.1, -0.05) is 37.1 Å². The van der Waals surface area contributed by atoms with E-state index in [4.69, 9.17) is 22.1 Å². The maximum Gasteiger partial charge on any atom is 0.239 e. The van der Waals surface area contributed by atoms with Gasteiger partial charge in [-0.3, -0.25) is 4.79 Å². The Labute approximate surface area is 137 Å². The molecule has 0 spiro atoms. The van der Waals surface area contributed by atoms with Crippen LogP contribution in [-0.4, -0.2) is 24.1 Å². The van der Waals surface area contributed by atoms with Gasteiger partial charge in [-0.15, -0.1) is 12.4 Å². The number of hydrogen-bond acceptors (Lipinski definition) is 3. The molecule has 0 fully saturated rings. The van der Waals surface area contributed by atoms with Gasteiger partial charge in [0.2, 0.25) is 5.91 Å². The molecule has 1 amide bonds. The lowest BCUT2D eigenvalue weighted by molar-refractivity contribution is -0.126. The third-order valence-electron chi connectivity index (χ3n) is 3.00. The van der Waals surface area contributed by atoms with E-state index in [-0.39, 0.29) is 24.4 Å². The highest BCUT2D eigenvalue weighted by Gasteiger charge is 2.27. The molecule has 0 radical (unpaired) electrons. The lowest BCUT2D eigenvalue weighted by Gasteiger charge is -2.24. The molecule has 1 aromatic rings. The Morgan fingerprint density at radius 1 is 1.48 bits per heavy atom. The molecule has 0 aliphatic heterocycles. The molecule has 4 nitrogen and oxygen atoms in total. The van der Waals surface area contributed by atoms with Gasteiger partial charge in [-0.05, 0) is 32.4 Å². The number of hydrogen-bond donors (Lipinski definition) is 2. The van der Waals surface area contributed by atoms with Crippen LogP contribution in [0.4, 0.5) is 0 Å². The maximum absolute atomic E-state index is 12.0. The number of nitrogens with one attached hydrogen (secondary N) is 1. The van der Waals surface area contributed by atoms with Crippen LogP contribution in [0, 0.1) is 0 Å². The van der Waals surface area contributed by atoms with E-state index in [1.165, 1.54) is 0 Å². The van der Waals surface area contributed by atoms with Crippen LogP contribution in [0.15, 0.2) is 24.3 Å². The summed E-state index contributed by atoms with van der Waals surface area (Å²) in [6.07, 6.45) is 1.33. The van der Waals surface area contributed by atoms with E-state index in [0.717, 1.165) is 6.42 Å². The van der Waals surface area contributed by atoms with Gasteiger partial charge in [0, 0.05) is 0 Å². The van der Waals surface area contributed by atoms with Crippen molar-refractivity contribution in [2.24, 2.45) is 5.73 Å². The minimum Gasteiger partial charge on any atom is -0.487 e. The van der Waals surface area contributed by atoms with Crippen molar-refractivity contribution in [1.82, 2.24) is 5.32 Å². The second-order valence-corrected chi connectivity index (χ2v) is 5.64. The predicted octanol–water partition coefficient (Wildman–Crippen LogP) is 3.16. The summed E-state index contributed by atoms with van der Waals surface area (Å²) in [7, 11) is 0. The Morgan fingerprint density at radius 2 is 2.10 bits per heavy atom. The zero-order chi connectivity index (χ0) is 15.2. The van der Waals surface area contributed by atoms with Gasteiger partial charge in [0.05, 0.1) is 17.1 Å². The number of carbonyl (C=O) groups excluding carboxylic acids is 1. The van der Waals surface area contributed by atoms with Gasteiger partial charge in [-0.2, -0.15) is 0 Å². The van der Waals surface area contributed by atoms with E-state index in [0.29, 0.717) is 23.7 Å². The van der Waals surface area contributed by atoms with Crippen molar-refractivity contribution in [3.8, 4) is 5.75 Å². The van der Waals surface area contributed by atoms with E-state index in [2.05, 4.69) is 5.32 Å². The van der Waals surface area contributed by atoms with Crippen molar-refractivity contribution in [2.45, 2.75) is 45.3 Å². The fourth-order valence-electron chi connectivity index (χ4n) is 1.87. The summed E-state index contributed by atoms with van der Waals surface area (Å²) >= 11 is 6.01. The molecule has 1 aromatic carbocycles. The highest BCUT2D eigenvalue weighted by molar-refractivity contribution is 6.32. The molecule has 0 aliphatic carbocycles. The number of halogens is 2. The first-order valence-corrected chi connectivity index (χ1v) is 7.23. The molecule has 2 unspecified atom stereocenters. The second-order valence-electron chi connectivity index (χ2n) is 5.24. The van der Waals surface area contributed by atoms with Crippen LogP contribution >= 0.6 is 24.0 Å². The molecule has 0 heterocycles. The summed E-state index contributed by atoms with van der Waals surface area (Å²) in [5.74, 6) is 0.453. The lowest BCUT2D eigenvalue weighted by atomic mass is 9.96. The zero-order valence-corrected chi connectivity index (χ0v) is 14.3. The van der Waals surface area contributed by atoms with Crippen LogP contribution in [0.5, 0.6) is 5.75 Å². The Hall–Kier alpha value is -0.970. The van der Waals surface area contributed by atoms with E-state index in [1.807, 2.05) is 26.0 Å². The third kappa shape index (κ3) is 6.55.